The van der Waals surface area contributed by atoms with Gasteiger partial charge in [0.2, 0.25) is 0 Å². The Bertz CT molecular complexity index is 279. The van der Waals surface area contributed by atoms with Gasteiger partial charge in [-0.1, -0.05) is 0 Å². The number of rotatable bonds is 3. The number of morpholine rings is 1. The van der Waals surface area contributed by atoms with Crippen LogP contribution >= 0.6 is 0 Å². The number of hydrogen-bond donors (Lipinski definition) is 1. The average Bonchev–Trinajstić information content (AvgIpc) is 2.39. The van der Waals surface area contributed by atoms with Gasteiger partial charge in [0.1, 0.15) is 5.76 Å². The molecule has 2 atom stereocenters. The number of hydrogen-bond acceptors (Lipinski definition) is 4. The molecule has 4 heteroatoms. The summed E-state index contributed by atoms with van der Waals surface area (Å²) in [6.07, 6.45) is 4.35. The Hall–Kier alpha value is -0.580. The Morgan fingerprint density at radius 3 is 2.88 bits per heavy atom. The maximum atomic E-state index is 6.24. The summed E-state index contributed by atoms with van der Waals surface area (Å²) >= 11 is 0. The first-order valence-electron chi connectivity index (χ1n) is 6.62. The molecule has 1 saturated heterocycles. The lowest BCUT2D eigenvalue weighted by atomic mass is 10.0. The second-order valence-corrected chi connectivity index (χ2v) is 5.12. The first-order chi connectivity index (χ1) is 8.18. The van der Waals surface area contributed by atoms with E-state index >= 15 is 0 Å². The van der Waals surface area contributed by atoms with Crippen LogP contribution in [0.15, 0.2) is 11.8 Å². The van der Waals surface area contributed by atoms with Gasteiger partial charge in [0, 0.05) is 19.1 Å². The van der Waals surface area contributed by atoms with Gasteiger partial charge in [-0.05, 0) is 32.8 Å². The number of nitrogens with zero attached hydrogens (tertiary/aromatic N) is 1. The summed E-state index contributed by atoms with van der Waals surface area (Å²) in [5, 5.41) is 0. The van der Waals surface area contributed by atoms with Gasteiger partial charge in [-0.2, -0.15) is 0 Å². The summed E-state index contributed by atoms with van der Waals surface area (Å²) in [4.78, 5) is 2.41. The minimum Gasteiger partial charge on any atom is -0.496 e. The Labute approximate surface area is 104 Å². The molecule has 1 fully saturated rings. The molecule has 2 rings (SSSR count). The van der Waals surface area contributed by atoms with E-state index in [2.05, 4.69) is 24.8 Å². The third-order valence-corrected chi connectivity index (χ3v) is 3.55. The van der Waals surface area contributed by atoms with E-state index in [0.29, 0.717) is 6.04 Å². The maximum Gasteiger partial charge on any atom is 0.111 e. The molecule has 2 aliphatic rings. The smallest absolute Gasteiger partial charge is 0.111 e. The quantitative estimate of drug-likeness (QED) is 0.803. The predicted octanol–water partition coefficient (Wildman–Crippen LogP) is 1.12. The summed E-state index contributed by atoms with van der Waals surface area (Å²) in [7, 11) is 0. The second-order valence-electron chi connectivity index (χ2n) is 5.12. The molecule has 0 saturated carbocycles. The van der Waals surface area contributed by atoms with Gasteiger partial charge in [0.05, 0.1) is 25.4 Å². The number of nitrogens with two attached hydrogens (primary N) is 1. The van der Waals surface area contributed by atoms with Crippen molar-refractivity contribution in [2.45, 2.75) is 44.9 Å². The molecule has 0 aliphatic carbocycles. The summed E-state index contributed by atoms with van der Waals surface area (Å²) < 4.78 is 11.4. The van der Waals surface area contributed by atoms with Crippen LogP contribution in [-0.4, -0.2) is 49.4 Å². The Morgan fingerprint density at radius 1 is 1.41 bits per heavy atom. The summed E-state index contributed by atoms with van der Waals surface area (Å²) in [5.74, 6) is 0.923. The van der Waals surface area contributed by atoms with E-state index in [1.54, 1.807) is 0 Å². The molecule has 0 radical (unpaired) electrons. The Balaban J connectivity index is 1.94. The van der Waals surface area contributed by atoms with E-state index in [9.17, 15) is 0 Å². The SMILES string of the molecule is CC(C)N1CCOC(C(N)C2=CCCCO2)C1. The Kier molecular flexibility index (Phi) is 4.42. The fourth-order valence-corrected chi connectivity index (χ4v) is 2.37. The van der Waals surface area contributed by atoms with Gasteiger partial charge in [0.25, 0.3) is 0 Å². The first kappa shape index (κ1) is 12.9. The van der Waals surface area contributed by atoms with Crippen LogP contribution in [0, 0.1) is 0 Å². The van der Waals surface area contributed by atoms with Crippen molar-refractivity contribution in [3.05, 3.63) is 11.8 Å². The largest absolute Gasteiger partial charge is 0.496 e. The zero-order chi connectivity index (χ0) is 12.3. The molecule has 2 aliphatic heterocycles. The van der Waals surface area contributed by atoms with Crippen LogP contribution in [0.1, 0.15) is 26.7 Å². The molecule has 0 bridgehead atoms. The van der Waals surface area contributed by atoms with Crippen LogP contribution in [-0.2, 0) is 9.47 Å². The number of ether oxygens (including phenoxy) is 2. The van der Waals surface area contributed by atoms with Crippen LogP contribution in [0.5, 0.6) is 0 Å². The molecular formula is C13H24N2O2. The average molecular weight is 240 g/mol. The van der Waals surface area contributed by atoms with Crippen LogP contribution in [0.3, 0.4) is 0 Å². The first-order valence-corrected chi connectivity index (χ1v) is 6.62. The highest BCUT2D eigenvalue weighted by Gasteiger charge is 2.30. The monoisotopic (exact) mass is 240 g/mol. The van der Waals surface area contributed by atoms with Crippen molar-refractivity contribution in [3.63, 3.8) is 0 Å². The second kappa shape index (κ2) is 5.85. The molecule has 98 valence electrons. The summed E-state index contributed by atoms with van der Waals surface area (Å²) in [6, 6.07) is 0.437. The molecule has 2 heterocycles. The van der Waals surface area contributed by atoms with Crippen LogP contribution in [0.25, 0.3) is 0 Å². The minimum atomic E-state index is -0.114. The van der Waals surface area contributed by atoms with E-state index in [4.69, 9.17) is 15.2 Å². The van der Waals surface area contributed by atoms with E-state index in [1.165, 1.54) is 0 Å². The van der Waals surface area contributed by atoms with Gasteiger partial charge in [-0.25, -0.2) is 0 Å². The van der Waals surface area contributed by atoms with Crippen molar-refractivity contribution in [1.29, 1.82) is 0 Å². The van der Waals surface area contributed by atoms with Crippen LogP contribution in [0.4, 0.5) is 0 Å². The standard InChI is InChI=1S/C13H24N2O2/c1-10(2)15-6-8-17-12(9-15)13(14)11-5-3-4-7-16-11/h5,10,12-13H,3-4,6-9,14H2,1-2H3. The maximum absolute atomic E-state index is 6.24. The van der Waals surface area contributed by atoms with Crippen molar-refractivity contribution in [2.24, 2.45) is 5.73 Å². The zero-order valence-electron chi connectivity index (χ0n) is 10.9. The van der Waals surface area contributed by atoms with E-state index in [-0.39, 0.29) is 12.1 Å². The summed E-state index contributed by atoms with van der Waals surface area (Å²) in [6.45, 7) is 7.89. The minimum absolute atomic E-state index is 0.0653. The van der Waals surface area contributed by atoms with Gasteiger partial charge >= 0.3 is 0 Å². The van der Waals surface area contributed by atoms with Gasteiger partial charge in [-0.3, -0.25) is 4.90 Å². The van der Waals surface area contributed by atoms with Gasteiger partial charge in [-0.15, -0.1) is 0 Å². The van der Waals surface area contributed by atoms with Crippen molar-refractivity contribution < 1.29 is 9.47 Å². The molecular weight excluding hydrogens is 216 g/mol. The van der Waals surface area contributed by atoms with Crippen LogP contribution < -0.4 is 5.73 Å². The number of allylic oxidation sites excluding steroid dienone is 1. The van der Waals surface area contributed by atoms with Crippen molar-refractivity contribution in [2.75, 3.05) is 26.3 Å². The Morgan fingerprint density at radius 2 is 2.24 bits per heavy atom. The molecule has 0 aromatic heterocycles. The topological polar surface area (TPSA) is 47.7 Å². The van der Waals surface area contributed by atoms with Crippen molar-refractivity contribution in [3.8, 4) is 0 Å². The molecule has 0 aromatic carbocycles. The molecule has 0 spiro atoms. The lowest BCUT2D eigenvalue weighted by Gasteiger charge is -2.38. The molecule has 4 nitrogen and oxygen atoms in total. The van der Waals surface area contributed by atoms with Crippen LogP contribution in [0.2, 0.25) is 0 Å². The normalized spacial score (nSPS) is 28.7. The zero-order valence-corrected chi connectivity index (χ0v) is 10.9. The van der Waals surface area contributed by atoms with E-state index in [1.807, 2.05) is 0 Å². The third kappa shape index (κ3) is 3.21. The third-order valence-electron chi connectivity index (χ3n) is 3.55. The van der Waals surface area contributed by atoms with Crippen molar-refractivity contribution in [1.82, 2.24) is 4.90 Å². The predicted molar refractivity (Wildman–Crippen MR) is 67.7 cm³/mol. The highest BCUT2D eigenvalue weighted by atomic mass is 16.5. The van der Waals surface area contributed by atoms with E-state index in [0.717, 1.165) is 44.9 Å². The summed E-state index contributed by atoms with van der Waals surface area (Å²) in [5.41, 5.74) is 6.24. The fourth-order valence-electron chi connectivity index (χ4n) is 2.37. The highest BCUT2D eigenvalue weighted by Crippen LogP contribution is 2.19. The molecule has 0 aromatic rings. The lowest BCUT2D eigenvalue weighted by Crippen LogP contribution is -2.53. The van der Waals surface area contributed by atoms with Gasteiger partial charge in [0.15, 0.2) is 0 Å². The van der Waals surface area contributed by atoms with Crippen molar-refractivity contribution >= 4 is 0 Å². The van der Waals surface area contributed by atoms with E-state index < -0.39 is 0 Å². The molecule has 17 heavy (non-hydrogen) atoms. The molecule has 2 N–H and O–H groups in total. The molecule has 2 unspecified atom stereocenters. The van der Waals surface area contributed by atoms with Gasteiger partial charge < -0.3 is 15.2 Å². The highest BCUT2D eigenvalue weighted by molar-refractivity contribution is 5.08. The fraction of sp³-hybridized carbons (Fsp3) is 0.846. The molecule has 0 amide bonds. The lowest BCUT2D eigenvalue weighted by molar-refractivity contribution is -0.0523.